The predicted octanol–water partition coefficient (Wildman–Crippen LogP) is 4.02. The minimum Gasteiger partial charge on any atom is -0.494 e. The lowest BCUT2D eigenvalue weighted by Crippen LogP contribution is -2.29. The highest BCUT2D eigenvalue weighted by Crippen LogP contribution is 2.19. The van der Waals surface area contributed by atoms with Crippen molar-refractivity contribution < 1.29 is 9.47 Å². The van der Waals surface area contributed by atoms with E-state index in [4.69, 9.17) is 9.47 Å². The number of benzene rings is 1. The monoisotopic (exact) mass is 279 g/mol. The van der Waals surface area contributed by atoms with Gasteiger partial charge in [-0.2, -0.15) is 0 Å². The van der Waals surface area contributed by atoms with E-state index in [1.807, 2.05) is 31.2 Å². The third-order valence-electron chi connectivity index (χ3n) is 3.26. The quantitative estimate of drug-likeness (QED) is 0.621. The molecule has 0 bridgehead atoms. The molecule has 1 N–H and O–H groups in total. The van der Waals surface area contributed by atoms with Gasteiger partial charge in [0.05, 0.1) is 13.2 Å². The molecule has 0 radical (unpaired) electrons. The zero-order valence-electron chi connectivity index (χ0n) is 13.2. The molecule has 0 saturated heterocycles. The summed E-state index contributed by atoms with van der Waals surface area (Å²) in [6, 6.07) is 8.48. The fourth-order valence-corrected chi connectivity index (χ4v) is 2.14. The van der Waals surface area contributed by atoms with Crippen LogP contribution < -0.4 is 14.8 Å². The Balaban J connectivity index is 2.24. The van der Waals surface area contributed by atoms with Crippen LogP contribution in [0.25, 0.3) is 0 Å². The van der Waals surface area contributed by atoms with Crippen molar-refractivity contribution in [2.75, 3.05) is 19.8 Å². The van der Waals surface area contributed by atoms with E-state index >= 15 is 0 Å². The van der Waals surface area contributed by atoms with Gasteiger partial charge < -0.3 is 14.8 Å². The normalized spacial score (nSPS) is 12.2. The summed E-state index contributed by atoms with van der Waals surface area (Å²) >= 11 is 0. The van der Waals surface area contributed by atoms with Crippen LogP contribution in [-0.4, -0.2) is 25.8 Å². The second-order valence-corrected chi connectivity index (χ2v) is 4.96. The molecule has 20 heavy (non-hydrogen) atoms. The molecule has 3 heteroatoms. The number of hydrogen-bond donors (Lipinski definition) is 1. The topological polar surface area (TPSA) is 30.5 Å². The summed E-state index contributed by atoms with van der Waals surface area (Å²) < 4.78 is 11.2. The molecule has 1 unspecified atom stereocenters. The van der Waals surface area contributed by atoms with Gasteiger partial charge >= 0.3 is 0 Å². The third-order valence-corrected chi connectivity index (χ3v) is 3.26. The summed E-state index contributed by atoms with van der Waals surface area (Å²) in [7, 11) is 0. The highest BCUT2D eigenvalue weighted by atomic mass is 16.5. The molecule has 1 rings (SSSR count). The van der Waals surface area contributed by atoms with Crippen molar-refractivity contribution in [2.24, 2.45) is 0 Å². The molecule has 114 valence electrons. The van der Waals surface area contributed by atoms with Gasteiger partial charge in [-0.15, -0.1) is 0 Å². The molecule has 0 aliphatic heterocycles. The zero-order valence-corrected chi connectivity index (χ0v) is 13.2. The number of hydrogen-bond acceptors (Lipinski definition) is 3. The van der Waals surface area contributed by atoms with Crippen LogP contribution in [0.5, 0.6) is 11.5 Å². The van der Waals surface area contributed by atoms with Gasteiger partial charge in [0, 0.05) is 12.1 Å². The minimum absolute atomic E-state index is 0.619. The Morgan fingerprint density at radius 3 is 2.50 bits per heavy atom. The summed E-state index contributed by atoms with van der Waals surface area (Å²) in [6.07, 6.45) is 4.62. The average molecular weight is 279 g/mol. The van der Waals surface area contributed by atoms with Crippen molar-refractivity contribution >= 4 is 0 Å². The van der Waals surface area contributed by atoms with Crippen LogP contribution in [0, 0.1) is 0 Å². The standard InChI is InChI=1S/C17H29NO2/c1-4-12-18-15(5-2)9-8-13-20-17-11-7-10-16(14-17)19-6-3/h7,10-11,14-15,18H,4-6,8-9,12-13H2,1-3H3. The molecule has 1 atom stereocenters. The van der Waals surface area contributed by atoms with Crippen molar-refractivity contribution in [3.8, 4) is 11.5 Å². The molecule has 0 aliphatic carbocycles. The largest absolute Gasteiger partial charge is 0.494 e. The van der Waals surface area contributed by atoms with Crippen LogP contribution in [0.1, 0.15) is 46.5 Å². The van der Waals surface area contributed by atoms with Gasteiger partial charge in [0.2, 0.25) is 0 Å². The lowest BCUT2D eigenvalue weighted by molar-refractivity contribution is 0.290. The Kier molecular flexibility index (Phi) is 8.88. The lowest BCUT2D eigenvalue weighted by Gasteiger charge is -2.16. The van der Waals surface area contributed by atoms with E-state index < -0.39 is 0 Å². The maximum atomic E-state index is 5.78. The second kappa shape index (κ2) is 10.6. The van der Waals surface area contributed by atoms with Crippen molar-refractivity contribution in [2.45, 2.75) is 52.5 Å². The van der Waals surface area contributed by atoms with Crippen molar-refractivity contribution in [1.29, 1.82) is 0 Å². The SMILES string of the molecule is CCCNC(CC)CCCOc1cccc(OCC)c1. The first-order valence-corrected chi connectivity index (χ1v) is 7.89. The molecular weight excluding hydrogens is 250 g/mol. The molecule has 0 saturated carbocycles. The van der Waals surface area contributed by atoms with Gasteiger partial charge in [-0.05, 0) is 51.3 Å². The summed E-state index contributed by atoms with van der Waals surface area (Å²) in [6.45, 7) is 8.98. The summed E-state index contributed by atoms with van der Waals surface area (Å²) in [5, 5.41) is 3.57. The highest BCUT2D eigenvalue weighted by Gasteiger charge is 2.04. The highest BCUT2D eigenvalue weighted by molar-refractivity contribution is 5.32. The van der Waals surface area contributed by atoms with Crippen LogP contribution in [0.15, 0.2) is 24.3 Å². The first-order valence-electron chi connectivity index (χ1n) is 7.89. The molecule has 0 spiro atoms. The van der Waals surface area contributed by atoms with E-state index in [9.17, 15) is 0 Å². The van der Waals surface area contributed by atoms with E-state index in [-0.39, 0.29) is 0 Å². The summed E-state index contributed by atoms with van der Waals surface area (Å²) in [4.78, 5) is 0. The van der Waals surface area contributed by atoms with Crippen molar-refractivity contribution in [1.82, 2.24) is 5.32 Å². The van der Waals surface area contributed by atoms with Gasteiger partial charge in [-0.1, -0.05) is 19.9 Å². The fraction of sp³-hybridized carbons (Fsp3) is 0.647. The van der Waals surface area contributed by atoms with Crippen LogP contribution in [0.4, 0.5) is 0 Å². The second-order valence-electron chi connectivity index (χ2n) is 4.96. The molecule has 0 fully saturated rings. The maximum absolute atomic E-state index is 5.78. The number of ether oxygens (including phenoxy) is 2. The number of rotatable bonds is 11. The van der Waals surface area contributed by atoms with Crippen LogP contribution >= 0.6 is 0 Å². The van der Waals surface area contributed by atoms with E-state index in [0.717, 1.165) is 31.1 Å². The molecule has 1 aromatic carbocycles. The van der Waals surface area contributed by atoms with Gasteiger partial charge in [0.15, 0.2) is 0 Å². The minimum atomic E-state index is 0.619. The summed E-state index contributed by atoms with van der Waals surface area (Å²) in [5.74, 6) is 1.77. The third kappa shape index (κ3) is 6.80. The number of nitrogens with one attached hydrogen (secondary N) is 1. The summed E-state index contributed by atoms with van der Waals surface area (Å²) in [5.41, 5.74) is 0. The predicted molar refractivity (Wildman–Crippen MR) is 84.7 cm³/mol. The average Bonchev–Trinajstić information content (AvgIpc) is 2.47. The van der Waals surface area contributed by atoms with Gasteiger partial charge in [-0.3, -0.25) is 0 Å². The molecular formula is C17H29NO2. The maximum Gasteiger partial charge on any atom is 0.122 e. The molecule has 0 aliphatic rings. The Labute approximate surface area is 123 Å². The Morgan fingerprint density at radius 2 is 1.85 bits per heavy atom. The van der Waals surface area contributed by atoms with E-state index in [0.29, 0.717) is 12.6 Å². The van der Waals surface area contributed by atoms with Crippen molar-refractivity contribution in [3.05, 3.63) is 24.3 Å². The zero-order chi connectivity index (χ0) is 14.6. The first kappa shape index (κ1) is 16.8. The van der Waals surface area contributed by atoms with Gasteiger partial charge in [0.1, 0.15) is 11.5 Å². The van der Waals surface area contributed by atoms with E-state index in [2.05, 4.69) is 19.2 Å². The molecule has 3 nitrogen and oxygen atoms in total. The molecule has 0 amide bonds. The van der Waals surface area contributed by atoms with Gasteiger partial charge in [0.25, 0.3) is 0 Å². The smallest absolute Gasteiger partial charge is 0.122 e. The lowest BCUT2D eigenvalue weighted by atomic mass is 10.1. The van der Waals surface area contributed by atoms with Crippen LogP contribution in [-0.2, 0) is 0 Å². The van der Waals surface area contributed by atoms with E-state index in [1.54, 1.807) is 0 Å². The van der Waals surface area contributed by atoms with Crippen LogP contribution in [0.2, 0.25) is 0 Å². The van der Waals surface area contributed by atoms with Crippen molar-refractivity contribution in [3.63, 3.8) is 0 Å². The molecule has 0 heterocycles. The Hall–Kier alpha value is -1.22. The molecule has 1 aromatic rings. The van der Waals surface area contributed by atoms with Crippen LogP contribution in [0.3, 0.4) is 0 Å². The first-order chi connectivity index (χ1) is 9.80. The Morgan fingerprint density at radius 1 is 1.10 bits per heavy atom. The van der Waals surface area contributed by atoms with Gasteiger partial charge in [-0.25, -0.2) is 0 Å². The molecule has 0 aromatic heterocycles. The fourth-order valence-electron chi connectivity index (χ4n) is 2.14. The van der Waals surface area contributed by atoms with E-state index in [1.165, 1.54) is 19.3 Å². The Bertz CT molecular complexity index is 355.